The molecule has 0 atom stereocenters. The van der Waals surface area contributed by atoms with Gasteiger partial charge in [-0.15, -0.1) is 11.3 Å². The molecule has 3 nitrogen and oxygen atoms in total. The molecule has 0 radical (unpaired) electrons. The molecule has 1 amide bonds. The van der Waals surface area contributed by atoms with Crippen molar-refractivity contribution in [3.63, 3.8) is 0 Å². The zero-order valence-corrected chi connectivity index (χ0v) is 16.8. The lowest BCUT2D eigenvalue weighted by Crippen LogP contribution is -2.29. The van der Waals surface area contributed by atoms with E-state index in [1.54, 1.807) is 0 Å². The molecular weight excluding hydrogens is 384 g/mol. The SMILES string of the molecule is Cc1ccc(-c2csc(=S)n2CC(=O)NCCc2ccc(Cl)cc2)cc1. The first kappa shape index (κ1) is 18.8. The van der Waals surface area contributed by atoms with Gasteiger partial charge in [-0.1, -0.05) is 53.6 Å². The standard InChI is InChI=1S/C20H19ClN2OS2/c1-14-2-6-16(7-3-14)18-13-26-20(25)23(18)12-19(24)22-11-10-15-4-8-17(21)9-5-15/h2-9,13H,10-12H2,1H3,(H,22,24). The Kier molecular flexibility index (Phi) is 6.25. The van der Waals surface area contributed by atoms with Crippen molar-refractivity contribution < 1.29 is 4.79 Å². The predicted molar refractivity (Wildman–Crippen MR) is 111 cm³/mol. The maximum Gasteiger partial charge on any atom is 0.240 e. The summed E-state index contributed by atoms with van der Waals surface area (Å²) in [7, 11) is 0. The number of carbonyl (C=O) groups is 1. The highest BCUT2D eigenvalue weighted by atomic mass is 35.5. The first-order chi connectivity index (χ1) is 12.5. The van der Waals surface area contributed by atoms with E-state index >= 15 is 0 Å². The summed E-state index contributed by atoms with van der Waals surface area (Å²) in [4.78, 5) is 12.3. The summed E-state index contributed by atoms with van der Waals surface area (Å²) in [6, 6.07) is 15.9. The van der Waals surface area contributed by atoms with Crippen molar-refractivity contribution in [1.82, 2.24) is 9.88 Å². The predicted octanol–water partition coefficient (Wildman–Crippen LogP) is 5.27. The molecule has 0 bridgehead atoms. The van der Waals surface area contributed by atoms with E-state index in [4.69, 9.17) is 23.8 Å². The Morgan fingerprint density at radius 1 is 1.15 bits per heavy atom. The number of hydrogen-bond acceptors (Lipinski definition) is 3. The maximum absolute atomic E-state index is 12.3. The first-order valence-electron chi connectivity index (χ1n) is 8.29. The third-order valence-corrected chi connectivity index (χ3v) is 5.60. The van der Waals surface area contributed by atoms with Crippen molar-refractivity contribution in [2.75, 3.05) is 6.54 Å². The smallest absolute Gasteiger partial charge is 0.240 e. The van der Waals surface area contributed by atoms with Crippen molar-refractivity contribution in [3.05, 3.63) is 74.0 Å². The number of aryl methyl sites for hydroxylation is 1. The molecule has 26 heavy (non-hydrogen) atoms. The first-order valence-corrected chi connectivity index (χ1v) is 9.96. The van der Waals surface area contributed by atoms with E-state index in [1.807, 2.05) is 34.2 Å². The van der Waals surface area contributed by atoms with Gasteiger partial charge in [-0.05, 0) is 48.8 Å². The van der Waals surface area contributed by atoms with Crippen LogP contribution >= 0.6 is 35.2 Å². The fourth-order valence-electron chi connectivity index (χ4n) is 2.63. The Morgan fingerprint density at radius 2 is 1.85 bits per heavy atom. The molecule has 0 saturated heterocycles. The fraction of sp³-hybridized carbons (Fsp3) is 0.200. The molecular formula is C20H19ClN2OS2. The number of amides is 1. The lowest BCUT2D eigenvalue weighted by Gasteiger charge is -2.10. The van der Waals surface area contributed by atoms with Crippen molar-refractivity contribution in [1.29, 1.82) is 0 Å². The van der Waals surface area contributed by atoms with Crippen LogP contribution in [0.25, 0.3) is 11.3 Å². The van der Waals surface area contributed by atoms with Crippen LogP contribution in [-0.4, -0.2) is 17.0 Å². The summed E-state index contributed by atoms with van der Waals surface area (Å²) in [5.74, 6) is -0.0400. The highest BCUT2D eigenvalue weighted by molar-refractivity contribution is 7.73. The molecule has 0 unspecified atom stereocenters. The zero-order chi connectivity index (χ0) is 18.5. The fourth-order valence-corrected chi connectivity index (χ4v) is 3.83. The molecule has 2 aromatic carbocycles. The number of carbonyl (C=O) groups excluding carboxylic acids is 1. The monoisotopic (exact) mass is 402 g/mol. The second-order valence-electron chi connectivity index (χ2n) is 6.07. The van der Waals surface area contributed by atoms with E-state index in [-0.39, 0.29) is 12.5 Å². The summed E-state index contributed by atoms with van der Waals surface area (Å²) in [5.41, 5.74) is 4.39. The largest absolute Gasteiger partial charge is 0.354 e. The average Bonchev–Trinajstić information content (AvgIpc) is 2.98. The molecule has 0 saturated carbocycles. The van der Waals surface area contributed by atoms with Crippen LogP contribution in [0.2, 0.25) is 5.02 Å². The van der Waals surface area contributed by atoms with Crippen LogP contribution in [0.15, 0.2) is 53.9 Å². The summed E-state index contributed by atoms with van der Waals surface area (Å²) in [6.45, 7) is 2.86. The third-order valence-electron chi connectivity index (χ3n) is 4.08. The molecule has 0 aliphatic carbocycles. The normalized spacial score (nSPS) is 10.7. The molecule has 134 valence electrons. The third kappa shape index (κ3) is 4.81. The Balaban J connectivity index is 1.62. The van der Waals surface area contributed by atoms with Gasteiger partial charge in [0.05, 0.1) is 5.69 Å². The van der Waals surface area contributed by atoms with Crippen molar-refractivity contribution in [3.8, 4) is 11.3 Å². The van der Waals surface area contributed by atoms with Crippen molar-refractivity contribution in [2.24, 2.45) is 0 Å². The molecule has 1 N–H and O–H groups in total. The topological polar surface area (TPSA) is 34.0 Å². The Bertz CT molecular complexity index is 943. The van der Waals surface area contributed by atoms with Crippen LogP contribution in [0.4, 0.5) is 0 Å². The van der Waals surface area contributed by atoms with Crippen molar-refractivity contribution in [2.45, 2.75) is 19.9 Å². The number of benzene rings is 2. The molecule has 0 fully saturated rings. The molecule has 3 aromatic rings. The Morgan fingerprint density at radius 3 is 2.54 bits per heavy atom. The minimum atomic E-state index is -0.0400. The number of thiazole rings is 1. The minimum absolute atomic E-state index is 0.0400. The number of halogens is 1. The van der Waals surface area contributed by atoms with E-state index in [0.29, 0.717) is 15.5 Å². The van der Waals surface area contributed by atoms with Crippen LogP contribution in [0, 0.1) is 10.9 Å². The van der Waals surface area contributed by atoms with Crippen molar-refractivity contribution >= 4 is 41.1 Å². The molecule has 0 aliphatic heterocycles. The molecule has 3 rings (SSSR count). The Hall–Kier alpha value is -1.95. The van der Waals surface area contributed by atoms with Gasteiger partial charge in [0.1, 0.15) is 6.54 Å². The second kappa shape index (κ2) is 8.62. The maximum atomic E-state index is 12.3. The molecule has 1 aromatic heterocycles. The van der Waals surface area contributed by atoms with Gasteiger partial charge in [-0.25, -0.2) is 0 Å². The number of hydrogen-bond donors (Lipinski definition) is 1. The van der Waals surface area contributed by atoms with Gasteiger partial charge >= 0.3 is 0 Å². The summed E-state index contributed by atoms with van der Waals surface area (Å²) in [5, 5.41) is 5.69. The molecule has 1 heterocycles. The Labute approximate surface area is 167 Å². The van der Waals surface area contributed by atoms with Crippen LogP contribution < -0.4 is 5.32 Å². The lowest BCUT2D eigenvalue weighted by molar-refractivity contribution is -0.121. The number of rotatable bonds is 6. The van der Waals surface area contributed by atoms with Crippen LogP contribution in [0.1, 0.15) is 11.1 Å². The van der Waals surface area contributed by atoms with Crippen LogP contribution in [-0.2, 0) is 17.8 Å². The van der Waals surface area contributed by atoms with Crippen LogP contribution in [0.5, 0.6) is 0 Å². The zero-order valence-electron chi connectivity index (χ0n) is 14.4. The van der Waals surface area contributed by atoms with Gasteiger partial charge in [0.15, 0.2) is 3.95 Å². The number of aromatic nitrogens is 1. The molecule has 6 heteroatoms. The van der Waals surface area contributed by atoms with Gasteiger partial charge in [0.25, 0.3) is 0 Å². The molecule has 0 aliphatic rings. The van der Waals surface area contributed by atoms with Crippen LogP contribution in [0.3, 0.4) is 0 Å². The molecule has 0 spiro atoms. The summed E-state index contributed by atoms with van der Waals surface area (Å²) >= 11 is 12.8. The van der Waals surface area contributed by atoms with E-state index in [0.717, 1.165) is 23.2 Å². The lowest BCUT2D eigenvalue weighted by atomic mass is 10.1. The highest BCUT2D eigenvalue weighted by Crippen LogP contribution is 2.24. The quantitative estimate of drug-likeness (QED) is 0.570. The van der Waals surface area contributed by atoms with Gasteiger partial charge in [-0.3, -0.25) is 4.79 Å². The van der Waals surface area contributed by atoms with Gasteiger partial charge in [-0.2, -0.15) is 0 Å². The van der Waals surface area contributed by atoms with E-state index < -0.39 is 0 Å². The minimum Gasteiger partial charge on any atom is -0.354 e. The highest BCUT2D eigenvalue weighted by Gasteiger charge is 2.11. The average molecular weight is 403 g/mol. The van der Waals surface area contributed by atoms with Gasteiger partial charge < -0.3 is 9.88 Å². The summed E-state index contributed by atoms with van der Waals surface area (Å²) in [6.07, 6.45) is 0.767. The van der Waals surface area contributed by atoms with E-state index in [2.05, 4.69) is 36.5 Å². The van der Waals surface area contributed by atoms with E-state index in [1.165, 1.54) is 16.9 Å². The number of nitrogens with zero attached hydrogens (tertiary/aromatic N) is 1. The van der Waals surface area contributed by atoms with Gasteiger partial charge in [0.2, 0.25) is 5.91 Å². The number of nitrogens with one attached hydrogen (secondary N) is 1. The van der Waals surface area contributed by atoms with Gasteiger partial charge in [0, 0.05) is 16.9 Å². The summed E-state index contributed by atoms with van der Waals surface area (Å²) < 4.78 is 2.59. The second-order valence-corrected chi connectivity index (χ2v) is 8.01. The van der Waals surface area contributed by atoms with E-state index in [9.17, 15) is 4.79 Å².